The minimum Gasteiger partial charge on any atom is -0.381 e. The number of amides is 1. The molecule has 3 heterocycles. The van der Waals surface area contributed by atoms with E-state index < -0.39 is 0 Å². The summed E-state index contributed by atoms with van der Waals surface area (Å²) in [5.41, 5.74) is 1.26. The van der Waals surface area contributed by atoms with Gasteiger partial charge in [0.25, 0.3) is 0 Å². The molecule has 3 rings (SSSR count). The van der Waals surface area contributed by atoms with Crippen molar-refractivity contribution in [1.29, 1.82) is 0 Å². The third-order valence-corrected chi connectivity index (χ3v) is 5.66. The zero-order valence-electron chi connectivity index (χ0n) is 16.0. The predicted octanol–water partition coefficient (Wildman–Crippen LogP) is 3.37. The largest absolute Gasteiger partial charge is 0.381 e. The molecule has 0 aromatic carbocycles. The first kappa shape index (κ1) is 18.4. The second-order valence-corrected chi connectivity index (χ2v) is 8.18. The van der Waals surface area contributed by atoms with Gasteiger partial charge in [-0.2, -0.15) is 0 Å². The first-order chi connectivity index (χ1) is 12.0. The standard InChI is InChI=1S/C20H33N3O2/c1-15(2)12-19(24)22-8-4-17(5-9-22)14-23-16(3)13-21-20(23)18-6-10-25-11-7-18/h13,15,17-18H,4-12,14H2,1-3H3. The maximum atomic E-state index is 12.2. The SMILES string of the molecule is Cc1cnc(C2CCOCC2)n1CC1CCN(C(=O)CC(C)C)CC1. The fourth-order valence-electron chi connectivity index (χ4n) is 4.10. The van der Waals surface area contributed by atoms with Gasteiger partial charge in [-0.25, -0.2) is 4.98 Å². The van der Waals surface area contributed by atoms with Crippen molar-refractivity contribution in [2.45, 2.75) is 65.3 Å². The van der Waals surface area contributed by atoms with Crippen LogP contribution in [0.1, 0.15) is 63.4 Å². The first-order valence-electron chi connectivity index (χ1n) is 9.92. The Morgan fingerprint density at radius 3 is 2.56 bits per heavy atom. The summed E-state index contributed by atoms with van der Waals surface area (Å²) in [5.74, 6) is 3.21. The molecule has 25 heavy (non-hydrogen) atoms. The van der Waals surface area contributed by atoms with Crippen LogP contribution in [-0.2, 0) is 16.1 Å². The van der Waals surface area contributed by atoms with Crippen molar-refractivity contribution in [1.82, 2.24) is 14.5 Å². The van der Waals surface area contributed by atoms with E-state index in [0.717, 1.165) is 58.5 Å². The van der Waals surface area contributed by atoms with Gasteiger partial charge in [0.1, 0.15) is 5.82 Å². The molecule has 0 unspecified atom stereocenters. The average Bonchev–Trinajstić information content (AvgIpc) is 2.96. The number of piperidine rings is 1. The predicted molar refractivity (Wildman–Crippen MR) is 98.5 cm³/mol. The molecule has 0 atom stereocenters. The van der Waals surface area contributed by atoms with Gasteiger partial charge in [0, 0.05) is 57.1 Å². The van der Waals surface area contributed by atoms with Gasteiger partial charge in [-0.3, -0.25) is 4.79 Å². The van der Waals surface area contributed by atoms with E-state index in [-0.39, 0.29) is 0 Å². The maximum absolute atomic E-state index is 12.2. The topological polar surface area (TPSA) is 47.4 Å². The van der Waals surface area contributed by atoms with Crippen LogP contribution in [0.4, 0.5) is 0 Å². The summed E-state index contributed by atoms with van der Waals surface area (Å²) in [6, 6.07) is 0. The van der Waals surface area contributed by atoms with Crippen molar-refractivity contribution < 1.29 is 9.53 Å². The van der Waals surface area contributed by atoms with Crippen LogP contribution in [0.5, 0.6) is 0 Å². The van der Waals surface area contributed by atoms with Crippen LogP contribution >= 0.6 is 0 Å². The number of rotatable bonds is 5. The number of likely N-dealkylation sites (tertiary alicyclic amines) is 1. The Bertz CT molecular complexity index is 567. The highest BCUT2D eigenvalue weighted by Gasteiger charge is 2.26. The molecule has 0 spiro atoms. The van der Waals surface area contributed by atoms with Gasteiger partial charge >= 0.3 is 0 Å². The van der Waals surface area contributed by atoms with Gasteiger partial charge in [-0.15, -0.1) is 0 Å². The molecule has 0 aliphatic carbocycles. The number of aryl methyl sites for hydroxylation is 1. The van der Waals surface area contributed by atoms with Crippen molar-refractivity contribution in [3.05, 3.63) is 17.7 Å². The summed E-state index contributed by atoms with van der Waals surface area (Å²) >= 11 is 0. The molecule has 2 fully saturated rings. The third-order valence-electron chi connectivity index (χ3n) is 5.66. The van der Waals surface area contributed by atoms with E-state index in [1.807, 2.05) is 6.20 Å². The zero-order valence-corrected chi connectivity index (χ0v) is 16.0. The number of hydrogen-bond acceptors (Lipinski definition) is 3. The Morgan fingerprint density at radius 2 is 1.92 bits per heavy atom. The number of carbonyl (C=O) groups is 1. The van der Waals surface area contributed by atoms with Crippen molar-refractivity contribution >= 4 is 5.91 Å². The molecule has 0 radical (unpaired) electrons. The van der Waals surface area contributed by atoms with Gasteiger partial charge < -0.3 is 14.2 Å². The van der Waals surface area contributed by atoms with Gasteiger partial charge in [0.2, 0.25) is 5.91 Å². The molecule has 1 aromatic rings. The van der Waals surface area contributed by atoms with Gasteiger partial charge in [0.15, 0.2) is 0 Å². The van der Waals surface area contributed by atoms with Crippen molar-refractivity contribution in [3.8, 4) is 0 Å². The van der Waals surface area contributed by atoms with E-state index in [2.05, 4.69) is 30.2 Å². The molecule has 0 saturated carbocycles. The highest BCUT2D eigenvalue weighted by molar-refractivity contribution is 5.76. The van der Waals surface area contributed by atoms with E-state index in [1.54, 1.807) is 0 Å². The lowest BCUT2D eigenvalue weighted by molar-refractivity contribution is -0.133. The molecular weight excluding hydrogens is 314 g/mol. The van der Waals surface area contributed by atoms with Crippen LogP contribution in [-0.4, -0.2) is 46.7 Å². The molecule has 140 valence electrons. The second kappa shape index (κ2) is 8.35. The van der Waals surface area contributed by atoms with Crippen LogP contribution in [0, 0.1) is 18.8 Å². The molecule has 1 aromatic heterocycles. The Kier molecular flexibility index (Phi) is 6.15. The van der Waals surface area contributed by atoms with Crippen LogP contribution in [0.25, 0.3) is 0 Å². The summed E-state index contributed by atoms with van der Waals surface area (Å²) in [7, 11) is 0. The maximum Gasteiger partial charge on any atom is 0.222 e. The number of aromatic nitrogens is 2. The molecule has 0 bridgehead atoms. The molecule has 5 nitrogen and oxygen atoms in total. The summed E-state index contributed by atoms with van der Waals surface area (Å²) in [6.07, 6.45) is 7.08. The first-order valence-corrected chi connectivity index (χ1v) is 9.92. The van der Waals surface area contributed by atoms with E-state index in [9.17, 15) is 4.79 Å². The van der Waals surface area contributed by atoms with Gasteiger partial charge in [-0.1, -0.05) is 13.8 Å². The zero-order chi connectivity index (χ0) is 17.8. The van der Waals surface area contributed by atoms with Gasteiger partial charge in [-0.05, 0) is 44.4 Å². The number of carbonyl (C=O) groups excluding carboxylic acids is 1. The normalized spacial score (nSPS) is 20.4. The number of hydrogen-bond donors (Lipinski definition) is 0. The summed E-state index contributed by atoms with van der Waals surface area (Å²) in [5, 5.41) is 0. The highest BCUT2D eigenvalue weighted by atomic mass is 16.5. The lowest BCUT2D eigenvalue weighted by Gasteiger charge is -2.33. The Balaban J connectivity index is 1.57. The molecule has 1 amide bonds. The molecule has 2 saturated heterocycles. The number of imidazole rings is 1. The summed E-state index contributed by atoms with van der Waals surface area (Å²) in [6.45, 7) is 11.0. The van der Waals surface area contributed by atoms with Crippen LogP contribution < -0.4 is 0 Å². The lowest BCUT2D eigenvalue weighted by Crippen LogP contribution is -2.40. The second-order valence-electron chi connectivity index (χ2n) is 8.18. The number of nitrogens with zero attached hydrogens (tertiary/aromatic N) is 3. The molecule has 0 N–H and O–H groups in total. The monoisotopic (exact) mass is 347 g/mol. The molecular formula is C20H33N3O2. The minimum absolute atomic E-state index is 0.329. The molecule has 2 aliphatic heterocycles. The molecule has 5 heteroatoms. The number of ether oxygens (including phenoxy) is 1. The van der Waals surface area contributed by atoms with E-state index in [0.29, 0.717) is 30.1 Å². The summed E-state index contributed by atoms with van der Waals surface area (Å²) in [4.78, 5) is 19.0. The van der Waals surface area contributed by atoms with Crippen LogP contribution in [0.2, 0.25) is 0 Å². The van der Waals surface area contributed by atoms with E-state index >= 15 is 0 Å². The van der Waals surface area contributed by atoms with Crippen molar-refractivity contribution in [3.63, 3.8) is 0 Å². The fraction of sp³-hybridized carbons (Fsp3) is 0.800. The smallest absolute Gasteiger partial charge is 0.222 e. The van der Waals surface area contributed by atoms with Crippen molar-refractivity contribution in [2.75, 3.05) is 26.3 Å². The molecule has 2 aliphatic rings. The highest BCUT2D eigenvalue weighted by Crippen LogP contribution is 2.29. The lowest BCUT2D eigenvalue weighted by atomic mass is 9.94. The summed E-state index contributed by atoms with van der Waals surface area (Å²) < 4.78 is 7.94. The Labute approximate surface area is 151 Å². The van der Waals surface area contributed by atoms with Crippen molar-refractivity contribution in [2.24, 2.45) is 11.8 Å². The third kappa shape index (κ3) is 4.63. The van der Waals surface area contributed by atoms with E-state index in [4.69, 9.17) is 9.72 Å². The Hall–Kier alpha value is -1.36. The Morgan fingerprint density at radius 1 is 1.24 bits per heavy atom. The van der Waals surface area contributed by atoms with Crippen LogP contribution in [0.15, 0.2) is 6.20 Å². The van der Waals surface area contributed by atoms with E-state index in [1.165, 1.54) is 11.5 Å². The fourth-order valence-corrected chi connectivity index (χ4v) is 4.10. The minimum atomic E-state index is 0.329. The average molecular weight is 348 g/mol. The van der Waals surface area contributed by atoms with Crippen LogP contribution in [0.3, 0.4) is 0 Å². The quantitative estimate of drug-likeness (QED) is 0.820. The van der Waals surface area contributed by atoms with Gasteiger partial charge in [0.05, 0.1) is 0 Å².